The molecule has 0 spiro atoms. The summed E-state index contributed by atoms with van der Waals surface area (Å²) in [6.07, 6.45) is -0.0519. The first-order valence-electron chi connectivity index (χ1n) is 12.6. The molecular formula is C28H29FN4O6S. The lowest BCUT2D eigenvalue weighted by Gasteiger charge is -2.26. The fourth-order valence-electron chi connectivity index (χ4n) is 4.45. The molecular weight excluding hydrogens is 539 g/mol. The van der Waals surface area contributed by atoms with E-state index in [-0.39, 0.29) is 17.5 Å². The molecule has 10 nitrogen and oxygen atoms in total. The molecule has 1 fully saturated rings. The number of aliphatic carboxylic acids is 1. The van der Waals surface area contributed by atoms with Crippen molar-refractivity contribution in [3.8, 4) is 0 Å². The molecule has 1 aromatic heterocycles. The molecule has 3 aromatic rings. The van der Waals surface area contributed by atoms with Crippen molar-refractivity contribution in [1.82, 2.24) is 10.2 Å². The van der Waals surface area contributed by atoms with Crippen LogP contribution in [-0.4, -0.2) is 67.2 Å². The van der Waals surface area contributed by atoms with Crippen molar-refractivity contribution in [2.24, 2.45) is 0 Å². The maximum absolute atomic E-state index is 13.4. The van der Waals surface area contributed by atoms with Gasteiger partial charge in [-0.25, -0.2) is 9.18 Å². The molecule has 12 heteroatoms. The summed E-state index contributed by atoms with van der Waals surface area (Å²) in [5, 5.41) is 16.8. The molecule has 4 rings (SSSR count). The minimum atomic E-state index is -1.05. The van der Waals surface area contributed by atoms with E-state index in [4.69, 9.17) is 4.74 Å². The maximum Gasteiger partial charge on any atom is 0.409 e. The Hall–Kier alpha value is -4.45. The van der Waals surface area contributed by atoms with Gasteiger partial charge in [0.2, 0.25) is 0 Å². The number of benzene rings is 2. The van der Waals surface area contributed by atoms with Crippen LogP contribution in [0.2, 0.25) is 0 Å². The minimum Gasteiger partial charge on any atom is -0.481 e. The molecule has 0 aliphatic carbocycles. The largest absolute Gasteiger partial charge is 0.481 e. The van der Waals surface area contributed by atoms with E-state index < -0.39 is 35.7 Å². The number of nitrogens with one attached hydrogen (secondary N) is 2. The Morgan fingerprint density at radius 2 is 1.75 bits per heavy atom. The number of amides is 3. The Balaban J connectivity index is 1.62. The summed E-state index contributed by atoms with van der Waals surface area (Å²) in [6.45, 7) is 1.95. The van der Waals surface area contributed by atoms with Crippen molar-refractivity contribution in [1.29, 1.82) is 0 Å². The zero-order valence-corrected chi connectivity index (χ0v) is 22.6. The van der Waals surface area contributed by atoms with E-state index in [1.54, 1.807) is 34.5 Å². The zero-order chi connectivity index (χ0) is 28.6. The van der Waals surface area contributed by atoms with Gasteiger partial charge in [-0.15, -0.1) is 11.3 Å². The van der Waals surface area contributed by atoms with Crippen LogP contribution in [0.15, 0.2) is 60.0 Å². The Labute approximate surface area is 234 Å². The second-order valence-electron chi connectivity index (χ2n) is 9.13. The molecule has 1 unspecified atom stereocenters. The van der Waals surface area contributed by atoms with Crippen LogP contribution in [0.1, 0.15) is 44.5 Å². The van der Waals surface area contributed by atoms with Crippen molar-refractivity contribution < 1.29 is 33.4 Å². The number of carbonyl (C=O) groups is 4. The third kappa shape index (κ3) is 7.14. The average Bonchev–Trinajstić information content (AvgIpc) is 3.37. The van der Waals surface area contributed by atoms with E-state index in [0.717, 1.165) is 0 Å². The second-order valence-corrected chi connectivity index (χ2v) is 10.1. The number of thiophene rings is 1. The number of nitrogens with zero attached hydrogens (tertiary/aromatic N) is 2. The zero-order valence-electron chi connectivity index (χ0n) is 21.8. The SMILES string of the molecule is COC(=O)N1CCCN(c2ccc(C(=O)NC(CC(=O)O)c3cccs3)cc2NC(=O)c2ccc(F)cc2)CC1. The number of ether oxygens (including phenoxy) is 1. The van der Waals surface area contributed by atoms with Gasteiger partial charge in [-0.2, -0.15) is 0 Å². The number of halogens is 1. The van der Waals surface area contributed by atoms with Gasteiger partial charge in [-0.3, -0.25) is 14.4 Å². The summed E-state index contributed by atoms with van der Waals surface area (Å²) in [7, 11) is 1.33. The van der Waals surface area contributed by atoms with Gasteiger partial charge in [-0.1, -0.05) is 6.07 Å². The van der Waals surface area contributed by atoms with Gasteiger partial charge >= 0.3 is 12.1 Å². The first-order valence-corrected chi connectivity index (χ1v) is 13.5. The van der Waals surface area contributed by atoms with Crippen LogP contribution in [0, 0.1) is 5.82 Å². The molecule has 0 radical (unpaired) electrons. The van der Waals surface area contributed by atoms with E-state index in [9.17, 15) is 28.7 Å². The smallest absolute Gasteiger partial charge is 0.409 e. The van der Waals surface area contributed by atoms with Crippen LogP contribution < -0.4 is 15.5 Å². The van der Waals surface area contributed by atoms with Crippen molar-refractivity contribution >= 4 is 46.6 Å². The first-order chi connectivity index (χ1) is 19.2. The molecule has 1 atom stereocenters. The summed E-state index contributed by atoms with van der Waals surface area (Å²) in [4.78, 5) is 54.1. The topological polar surface area (TPSA) is 128 Å². The van der Waals surface area contributed by atoms with Crippen LogP contribution >= 0.6 is 11.3 Å². The summed E-state index contributed by atoms with van der Waals surface area (Å²) in [5.74, 6) is -2.52. The molecule has 40 heavy (non-hydrogen) atoms. The van der Waals surface area contributed by atoms with Crippen LogP contribution in [0.4, 0.5) is 20.6 Å². The predicted molar refractivity (Wildman–Crippen MR) is 148 cm³/mol. The van der Waals surface area contributed by atoms with E-state index >= 15 is 0 Å². The monoisotopic (exact) mass is 568 g/mol. The molecule has 0 bridgehead atoms. The van der Waals surface area contributed by atoms with Gasteiger partial charge in [0.1, 0.15) is 5.82 Å². The van der Waals surface area contributed by atoms with Crippen molar-refractivity contribution in [3.05, 3.63) is 81.8 Å². The Kier molecular flexibility index (Phi) is 9.33. The highest BCUT2D eigenvalue weighted by Gasteiger charge is 2.24. The fraction of sp³-hybridized carbons (Fsp3) is 0.286. The Bertz CT molecular complexity index is 1370. The molecule has 0 saturated carbocycles. The predicted octanol–water partition coefficient (Wildman–Crippen LogP) is 4.36. The number of carbonyl (C=O) groups excluding carboxylic acids is 3. The third-order valence-corrected chi connectivity index (χ3v) is 7.44. The molecule has 1 aliphatic rings. The maximum atomic E-state index is 13.4. The van der Waals surface area contributed by atoms with Gasteiger partial charge < -0.3 is 30.3 Å². The van der Waals surface area contributed by atoms with Crippen molar-refractivity contribution in [3.63, 3.8) is 0 Å². The normalized spacial score (nSPS) is 14.2. The summed E-state index contributed by atoms with van der Waals surface area (Å²) in [5.41, 5.74) is 1.43. The highest BCUT2D eigenvalue weighted by Crippen LogP contribution is 2.30. The number of rotatable bonds is 8. The molecule has 210 valence electrons. The van der Waals surface area contributed by atoms with Crippen LogP contribution in [0.25, 0.3) is 0 Å². The molecule has 2 aromatic carbocycles. The lowest BCUT2D eigenvalue weighted by atomic mass is 10.1. The highest BCUT2D eigenvalue weighted by molar-refractivity contribution is 7.10. The van der Waals surface area contributed by atoms with Crippen LogP contribution in [-0.2, 0) is 9.53 Å². The van der Waals surface area contributed by atoms with E-state index in [0.29, 0.717) is 48.9 Å². The highest BCUT2D eigenvalue weighted by atomic mass is 32.1. The number of anilines is 2. The molecule has 3 amide bonds. The van der Waals surface area contributed by atoms with Gasteiger partial charge in [0.15, 0.2) is 0 Å². The van der Waals surface area contributed by atoms with Crippen molar-refractivity contribution in [2.45, 2.75) is 18.9 Å². The van der Waals surface area contributed by atoms with Gasteiger partial charge in [0.25, 0.3) is 11.8 Å². The molecule has 2 heterocycles. The minimum absolute atomic E-state index is 0.219. The lowest BCUT2D eigenvalue weighted by Crippen LogP contribution is -2.35. The van der Waals surface area contributed by atoms with E-state index in [1.165, 1.54) is 48.8 Å². The van der Waals surface area contributed by atoms with Gasteiger partial charge in [-0.05, 0) is 60.3 Å². The van der Waals surface area contributed by atoms with Gasteiger partial charge in [0, 0.05) is 42.2 Å². The molecule has 1 saturated heterocycles. The third-order valence-electron chi connectivity index (χ3n) is 6.45. The summed E-state index contributed by atoms with van der Waals surface area (Å²) < 4.78 is 18.3. The molecule has 3 N–H and O–H groups in total. The van der Waals surface area contributed by atoms with Crippen LogP contribution in [0.5, 0.6) is 0 Å². The quantitative estimate of drug-likeness (QED) is 0.368. The number of methoxy groups -OCH3 is 1. The summed E-state index contributed by atoms with van der Waals surface area (Å²) >= 11 is 1.34. The lowest BCUT2D eigenvalue weighted by molar-refractivity contribution is -0.137. The Morgan fingerprint density at radius 3 is 2.42 bits per heavy atom. The standard InChI is InChI=1S/C28H29FN4O6S/c1-39-28(38)33-12-3-11-32(13-14-33)23-10-7-19(16-21(23)30-26(36)18-5-8-20(29)9-6-18)27(37)31-22(17-25(34)35)24-4-2-15-40-24/h2,4-10,15-16,22H,3,11-14,17H2,1H3,(H,30,36)(H,31,37)(H,34,35). The first kappa shape index (κ1) is 28.6. The van der Waals surface area contributed by atoms with E-state index in [1.807, 2.05) is 4.90 Å². The molecule has 1 aliphatic heterocycles. The summed E-state index contributed by atoms with van der Waals surface area (Å²) in [6, 6.07) is 12.7. The number of hydrogen-bond donors (Lipinski definition) is 3. The number of carboxylic acid groups (broad SMARTS) is 1. The number of carboxylic acids is 1. The number of hydrogen-bond acceptors (Lipinski definition) is 7. The van der Waals surface area contributed by atoms with E-state index in [2.05, 4.69) is 10.6 Å². The van der Waals surface area contributed by atoms with Gasteiger partial charge in [0.05, 0.1) is 30.9 Å². The Morgan fingerprint density at radius 1 is 1.00 bits per heavy atom. The van der Waals surface area contributed by atoms with Crippen LogP contribution in [0.3, 0.4) is 0 Å². The van der Waals surface area contributed by atoms with Crippen molar-refractivity contribution in [2.75, 3.05) is 43.5 Å². The fourth-order valence-corrected chi connectivity index (χ4v) is 5.23. The average molecular weight is 569 g/mol. The second kappa shape index (κ2) is 13.1.